The Labute approximate surface area is 136 Å². The Morgan fingerprint density at radius 3 is 2.57 bits per heavy atom. The minimum Gasteiger partial charge on any atom is -0.348 e. The van der Waals surface area contributed by atoms with E-state index in [-0.39, 0.29) is 11.8 Å². The lowest BCUT2D eigenvalue weighted by atomic mass is 9.95. The highest BCUT2D eigenvalue weighted by molar-refractivity contribution is 6.10. The topological polar surface area (TPSA) is 105 Å². The molecule has 0 aromatic carbocycles. The normalized spacial score (nSPS) is 27.0. The van der Waals surface area contributed by atoms with Gasteiger partial charge in [-0.05, 0) is 45.4 Å². The molecule has 2 unspecified atom stereocenters. The van der Waals surface area contributed by atoms with E-state index >= 15 is 0 Å². The number of carbonyl (C=O) groups is 3. The van der Waals surface area contributed by atoms with E-state index in [1.54, 1.807) is 6.92 Å². The van der Waals surface area contributed by atoms with Crippen molar-refractivity contribution in [3.05, 3.63) is 0 Å². The fourth-order valence-corrected chi connectivity index (χ4v) is 3.85. The summed E-state index contributed by atoms with van der Waals surface area (Å²) in [5, 5.41) is 5.77. The highest BCUT2D eigenvalue weighted by Gasteiger charge is 2.55. The molecule has 3 fully saturated rings. The van der Waals surface area contributed by atoms with Crippen LogP contribution in [-0.2, 0) is 9.59 Å². The summed E-state index contributed by atoms with van der Waals surface area (Å²) < 4.78 is 0. The third-order valence-corrected chi connectivity index (χ3v) is 5.73. The van der Waals surface area contributed by atoms with Gasteiger partial charge in [-0.3, -0.25) is 9.59 Å². The Balaban J connectivity index is 1.72. The van der Waals surface area contributed by atoms with Crippen molar-refractivity contribution >= 4 is 17.8 Å². The van der Waals surface area contributed by atoms with Gasteiger partial charge in [0, 0.05) is 6.54 Å². The number of carbonyl (C=O) groups excluding carboxylic acids is 3. The number of imide groups is 1. The largest absolute Gasteiger partial charge is 0.348 e. The molecule has 0 aromatic rings. The van der Waals surface area contributed by atoms with E-state index in [0.717, 1.165) is 30.6 Å². The Morgan fingerprint density at radius 2 is 2.04 bits per heavy atom. The molecule has 4 N–H and O–H groups in total. The Kier molecular flexibility index (Phi) is 3.86. The van der Waals surface area contributed by atoms with Gasteiger partial charge in [0.15, 0.2) is 0 Å². The van der Waals surface area contributed by atoms with E-state index in [1.807, 2.05) is 6.92 Å². The lowest BCUT2D eigenvalue weighted by molar-refractivity contribution is -0.138. The molecule has 3 aliphatic rings. The first kappa shape index (κ1) is 16.2. The van der Waals surface area contributed by atoms with Gasteiger partial charge in [0.1, 0.15) is 11.6 Å². The summed E-state index contributed by atoms with van der Waals surface area (Å²) in [5.74, 6) is -0.195. The average Bonchev–Trinajstić information content (AvgIpc) is 3.23. The van der Waals surface area contributed by atoms with Crippen molar-refractivity contribution in [1.82, 2.24) is 15.5 Å². The van der Waals surface area contributed by atoms with Crippen LogP contribution in [-0.4, -0.2) is 46.4 Å². The summed E-state index contributed by atoms with van der Waals surface area (Å²) in [7, 11) is 0. The standard InChI is InChI=1S/C16H26N4O3/c1-10(12(21)18-15(2,9-17)11-5-6-11)20-13(22)16(19-14(20)23)7-3-4-8-16/h10-11H,3-9,17H2,1-2H3,(H,18,21)(H,19,23). The lowest BCUT2D eigenvalue weighted by Crippen LogP contribution is -2.58. The van der Waals surface area contributed by atoms with Crippen molar-refractivity contribution in [2.75, 3.05) is 6.54 Å². The van der Waals surface area contributed by atoms with Gasteiger partial charge in [0.05, 0.1) is 5.54 Å². The molecule has 2 aliphatic carbocycles. The highest BCUT2D eigenvalue weighted by atomic mass is 16.2. The molecule has 2 atom stereocenters. The second-order valence-corrected chi connectivity index (χ2v) is 7.46. The van der Waals surface area contributed by atoms with E-state index in [4.69, 9.17) is 5.73 Å². The molecule has 7 heteroatoms. The smallest absolute Gasteiger partial charge is 0.325 e. The zero-order valence-corrected chi connectivity index (χ0v) is 13.9. The predicted molar refractivity (Wildman–Crippen MR) is 84.4 cm³/mol. The summed E-state index contributed by atoms with van der Waals surface area (Å²) in [6, 6.07) is -1.28. The first-order valence-corrected chi connectivity index (χ1v) is 8.51. The Hall–Kier alpha value is -1.63. The number of amides is 4. The molecule has 7 nitrogen and oxygen atoms in total. The number of rotatable bonds is 5. The molecule has 4 amide bonds. The van der Waals surface area contributed by atoms with E-state index in [1.165, 1.54) is 0 Å². The Morgan fingerprint density at radius 1 is 1.43 bits per heavy atom. The fourth-order valence-electron chi connectivity index (χ4n) is 3.85. The van der Waals surface area contributed by atoms with Crippen LogP contribution in [0.25, 0.3) is 0 Å². The number of urea groups is 1. The van der Waals surface area contributed by atoms with Gasteiger partial charge in [-0.2, -0.15) is 0 Å². The second-order valence-electron chi connectivity index (χ2n) is 7.46. The van der Waals surface area contributed by atoms with Crippen molar-refractivity contribution in [3.63, 3.8) is 0 Å². The molecule has 0 bridgehead atoms. The number of nitrogens with one attached hydrogen (secondary N) is 2. The first-order chi connectivity index (χ1) is 10.8. The summed E-state index contributed by atoms with van der Waals surface area (Å²) in [4.78, 5) is 38.6. The number of hydrogen-bond donors (Lipinski definition) is 3. The average molecular weight is 322 g/mol. The minimum absolute atomic E-state index is 0.261. The molecular formula is C16H26N4O3. The van der Waals surface area contributed by atoms with Gasteiger partial charge in [-0.25, -0.2) is 9.69 Å². The summed E-state index contributed by atoms with van der Waals surface area (Å²) >= 11 is 0. The minimum atomic E-state index is -0.827. The van der Waals surface area contributed by atoms with Crippen LogP contribution < -0.4 is 16.4 Å². The van der Waals surface area contributed by atoms with Crippen LogP contribution in [0.15, 0.2) is 0 Å². The van der Waals surface area contributed by atoms with E-state index in [9.17, 15) is 14.4 Å². The molecule has 0 aromatic heterocycles. The Bertz CT molecular complexity index is 539. The summed E-state index contributed by atoms with van der Waals surface area (Å²) in [6.45, 7) is 3.88. The molecule has 1 spiro atoms. The maximum absolute atomic E-state index is 12.7. The van der Waals surface area contributed by atoms with Crippen LogP contribution in [0, 0.1) is 5.92 Å². The van der Waals surface area contributed by atoms with Crippen molar-refractivity contribution < 1.29 is 14.4 Å². The quantitative estimate of drug-likeness (QED) is 0.640. The van der Waals surface area contributed by atoms with Crippen LogP contribution in [0.3, 0.4) is 0 Å². The van der Waals surface area contributed by atoms with Gasteiger partial charge >= 0.3 is 6.03 Å². The molecule has 3 rings (SSSR count). The molecule has 2 saturated carbocycles. The van der Waals surface area contributed by atoms with Crippen molar-refractivity contribution in [2.45, 2.75) is 69.5 Å². The van der Waals surface area contributed by atoms with E-state index < -0.39 is 23.2 Å². The lowest BCUT2D eigenvalue weighted by Gasteiger charge is -2.32. The maximum Gasteiger partial charge on any atom is 0.325 e. The van der Waals surface area contributed by atoms with Crippen molar-refractivity contribution in [2.24, 2.45) is 11.7 Å². The summed E-state index contributed by atoms with van der Waals surface area (Å²) in [5.41, 5.74) is 4.58. The zero-order chi connectivity index (χ0) is 16.8. The molecule has 128 valence electrons. The van der Waals surface area contributed by atoms with Gasteiger partial charge in [0.2, 0.25) is 5.91 Å². The summed E-state index contributed by atoms with van der Waals surface area (Å²) in [6.07, 6.45) is 5.26. The number of nitrogens with zero attached hydrogens (tertiary/aromatic N) is 1. The molecule has 23 heavy (non-hydrogen) atoms. The SMILES string of the molecule is CC(C(=O)NC(C)(CN)C1CC1)N1C(=O)NC2(CCCC2)C1=O. The second kappa shape index (κ2) is 5.47. The van der Waals surface area contributed by atoms with Crippen molar-refractivity contribution in [1.29, 1.82) is 0 Å². The van der Waals surface area contributed by atoms with Crippen LogP contribution in [0.5, 0.6) is 0 Å². The third-order valence-electron chi connectivity index (χ3n) is 5.73. The zero-order valence-electron chi connectivity index (χ0n) is 13.9. The van der Waals surface area contributed by atoms with Crippen LogP contribution in [0.4, 0.5) is 4.79 Å². The monoisotopic (exact) mass is 322 g/mol. The van der Waals surface area contributed by atoms with Gasteiger partial charge in [0.25, 0.3) is 5.91 Å². The maximum atomic E-state index is 12.7. The highest BCUT2D eigenvalue weighted by Crippen LogP contribution is 2.39. The first-order valence-electron chi connectivity index (χ1n) is 8.51. The molecule has 1 saturated heterocycles. The third kappa shape index (κ3) is 2.60. The van der Waals surface area contributed by atoms with Crippen LogP contribution in [0.1, 0.15) is 52.4 Å². The van der Waals surface area contributed by atoms with Crippen molar-refractivity contribution in [3.8, 4) is 0 Å². The van der Waals surface area contributed by atoms with Crippen LogP contribution >= 0.6 is 0 Å². The van der Waals surface area contributed by atoms with E-state index in [0.29, 0.717) is 25.3 Å². The van der Waals surface area contributed by atoms with Gasteiger partial charge in [-0.15, -0.1) is 0 Å². The van der Waals surface area contributed by atoms with Gasteiger partial charge < -0.3 is 16.4 Å². The number of hydrogen-bond acceptors (Lipinski definition) is 4. The fraction of sp³-hybridized carbons (Fsp3) is 0.812. The van der Waals surface area contributed by atoms with E-state index in [2.05, 4.69) is 10.6 Å². The molecule has 1 heterocycles. The van der Waals surface area contributed by atoms with Crippen LogP contribution in [0.2, 0.25) is 0 Å². The predicted octanol–water partition coefficient (Wildman–Crippen LogP) is 0.483. The number of nitrogens with two attached hydrogens (primary N) is 1. The molecule has 0 radical (unpaired) electrons. The van der Waals surface area contributed by atoms with Gasteiger partial charge in [-0.1, -0.05) is 12.8 Å². The molecular weight excluding hydrogens is 296 g/mol. The molecule has 1 aliphatic heterocycles.